The standard InChI is InChI=1S/C17H20ClN3OS/c1-9-6-7-14(18)8-15(9)21-16(22)13(5)23-17-19-11(3)10(2)12(4)20-17/h6-8,13H,1-5H3,(H,21,22)/t13-/m0/s1. The van der Waals surface area contributed by atoms with Crippen molar-refractivity contribution in [2.45, 2.75) is 45.0 Å². The normalized spacial score (nSPS) is 12.1. The van der Waals surface area contributed by atoms with Gasteiger partial charge in [-0.2, -0.15) is 0 Å². The average Bonchev–Trinajstić information content (AvgIpc) is 2.48. The number of hydrogen-bond acceptors (Lipinski definition) is 4. The van der Waals surface area contributed by atoms with Crippen LogP contribution in [0.2, 0.25) is 5.02 Å². The lowest BCUT2D eigenvalue weighted by Crippen LogP contribution is -2.23. The second-order valence-electron chi connectivity index (χ2n) is 5.51. The van der Waals surface area contributed by atoms with Crippen LogP contribution in [0.25, 0.3) is 0 Å². The number of rotatable bonds is 4. The highest BCUT2D eigenvalue weighted by molar-refractivity contribution is 8.00. The third kappa shape index (κ3) is 4.45. The molecule has 0 radical (unpaired) electrons. The van der Waals surface area contributed by atoms with Crippen molar-refractivity contribution in [3.05, 3.63) is 45.7 Å². The van der Waals surface area contributed by atoms with Crippen molar-refractivity contribution in [3.8, 4) is 0 Å². The van der Waals surface area contributed by atoms with Gasteiger partial charge in [0.1, 0.15) is 0 Å². The van der Waals surface area contributed by atoms with Gasteiger partial charge in [-0.15, -0.1) is 0 Å². The molecule has 1 amide bonds. The van der Waals surface area contributed by atoms with Crippen molar-refractivity contribution in [2.75, 3.05) is 5.32 Å². The van der Waals surface area contributed by atoms with Gasteiger partial charge in [0.25, 0.3) is 0 Å². The van der Waals surface area contributed by atoms with E-state index in [9.17, 15) is 4.79 Å². The maximum atomic E-state index is 12.4. The molecule has 1 atom stereocenters. The van der Waals surface area contributed by atoms with Gasteiger partial charge < -0.3 is 5.32 Å². The Balaban J connectivity index is 2.10. The first-order valence-electron chi connectivity index (χ1n) is 7.33. The van der Waals surface area contributed by atoms with E-state index in [0.29, 0.717) is 10.2 Å². The molecule has 0 saturated carbocycles. The highest BCUT2D eigenvalue weighted by Gasteiger charge is 2.18. The molecule has 0 aliphatic heterocycles. The number of carbonyl (C=O) groups excluding carboxylic acids is 1. The summed E-state index contributed by atoms with van der Waals surface area (Å²) in [5.74, 6) is -0.0974. The number of nitrogens with one attached hydrogen (secondary N) is 1. The molecule has 1 aromatic carbocycles. The van der Waals surface area contributed by atoms with Crippen LogP contribution < -0.4 is 5.32 Å². The summed E-state index contributed by atoms with van der Waals surface area (Å²) in [5, 5.41) is 3.82. The number of thioether (sulfide) groups is 1. The summed E-state index contributed by atoms with van der Waals surface area (Å²) < 4.78 is 0. The molecule has 2 rings (SSSR count). The molecular weight excluding hydrogens is 330 g/mol. The van der Waals surface area contributed by atoms with Crippen LogP contribution in [0.5, 0.6) is 0 Å². The first kappa shape index (κ1) is 17.8. The van der Waals surface area contributed by atoms with Crippen molar-refractivity contribution in [3.63, 3.8) is 0 Å². The minimum Gasteiger partial charge on any atom is -0.325 e. The molecule has 4 nitrogen and oxygen atoms in total. The monoisotopic (exact) mass is 349 g/mol. The Morgan fingerprint density at radius 1 is 1.17 bits per heavy atom. The lowest BCUT2D eigenvalue weighted by molar-refractivity contribution is -0.115. The zero-order chi connectivity index (χ0) is 17.1. The summed E-state index contributed by atoms with van der Waals surface area (Å²) in [6.07, 6.45) is 0. The Labute approximate surface area is 146 Å². The molecular formula is C17H20ClN3OS. The maximum Gasteiger partial charge on any atom is 0.237 e. The summed E-state index contributed by atoms with van der Waals surface area (Å²) in [4.78, 5) is 21.3. The zero-order valence-corrected chi connectivity index (χ0v) is 15.5. The molecule has 0 unspecified atom stereocenters. The van der Waals surface area contributed by atoms with Gasteiger partial charge in [0.2, 0.25) is 5.91 Å². The van der Waals surface area contributed by atoms with Crippen LogP contribution in [0.3, 0.4) is 0 Å². The van der Waals surface area contributed by atoms with Gasteiger partial charge in [0, 0.05) is 22.1 Å². The molecule has 0 saturated heterocycles. The van der Waals surface area contributed by atoms with E-state index in [1.54, 1.807) is 12.1 Å². The number of aryl methyl sites for hydroxylation is 3. The molecule has 0 spiro atoms. The number of anilines is 1. The Bertz CT molecular complexity index is 726. The van der Waals surface area contributed by atoms with Gasteiger partial charge in [-0.1, -0.05) is 29.4 Å². The molecule has 23 heavy (non-hydrogen) atoms. The fourth-order valence-electron chi connectivity index (χ4n) is 1.97. The number of benzene rings is 1. The number of aromatic nitrogens is 2. The number of halogens is 1. The van der Waals surface area contributed by atoms with E-state index in [-0.39, 0.29) is 11.2 Å². The van der Waals surface area contributed by atoms with Crippen molar-refractivity contribution >= 4 is 35.0 Å². The van der Waals surface area contributed by atoms with E-state index in [1.807, 2.05) is 40.7 Å². The molecule has 0 fully saturated rings. The number of carbonyl (C=O) groups is 1. The van der Waals surface area contributed by atoms with Crippen molar-refractivity contribution in [1.82, 2.24) is 9.97 Å². The summed E-state index contributed by atoms with van der Waals surface area (Å²) in [6.45, 7) is 9.67. The van der Waals surface area contributed by atoms with Crippen LogP contribution in [0, 0.1) is 27.7 Å². The van der Waals surface area contributed by atoms with Gasteiger partial charge >= 0.3 is 0 Å². The Morgan fingerprint density at radius 3 is 2.39 bits per heavy atom. The van der Waals surface area contributed by atoms with E-state index >= 15 is 0 Å². The van der Waals surface area contributed by atoms with E-state index < -0.39 is 0 Å². The molecule has 1 heterocycles. The first-order valence-corrected chi connectivity index (χ1v) is 8.59. The predicted molar refractivity (Wildman–Crippen MR) is 96.4 cm³/mol. The summed E-state index contributed by atoms with van der Waals surface area (Å²) in [5.41, 5.74) is 4.67. The molecule has 122 valence electrons. The maximum absolute atomic E-state index is 12.4. The highest BCUT2D eigenvalue weighted by Crippen LogP contribution is 2.25. The lowest BCUT2D eigenvalue weighted by atomic mass is 10.2. The van der Waals surface area contributed by atoms with E-state index in [0.717, 1.165) is 28.2 Å². The van der Waals surface area contributed by atoms with Gasteiger partial charge in [-0.25, -0.2) is 9.97 Å². The molecule has 0 aliphatic rings. The quantitative estimate of drug-likeness (QED) is 0.653. The molecule has 1 N–H and O–H groups in total. The largest absolute Gasteiger partial charge is 0.325 e. The highest BCUT2D eigenvalue weighted by atomic mass is 35.5. The van der Waals surface area contributed by atoms with Crippen LogP contribution in [-0.4, -0.2) is 21.1 Å². The van der Waals surface area contributed by atoms with Crippen LogP contribution >= 0.6 is 23.4 Å². The lowest BCUT2D eigenvalue weighted by Gasteiger charge is -2.14. The fraction of sp³-hybridized carbons (Fsp3) is 0.353. The second kappa shape index (κ2) is 7.32. The van der Waals surface area contributed by atoms with E-state index in [1.165, 1.54) is 11.8 Å². The summed E-state index contributed by atoms with van der Waals surface area (Å²) >= 11 is 7.33. The Morgan fingerprint density at radius 2 is 1.78 bits per heavy atom. The summed E-state index contributed by atoms with van der Waals surface area (Å²) in [6, 6.07) is 5.44. The fourth-order valence-corrected chi connectivity index (χ4v) is 3.00. The van der Waals surface area contributed by atoms with Crippen molar-refractivity contribution < 1.29 is 4.79 Å². The summed E-state index contributed by atoms with van der Waals surface area (Å²) in [7, 11) is 0. The van der Waals surface area contributed by atoms with Crippen molar-refractivity contribution in [1.29, 1.82) is 0 Å². The third-order valence-corrected chi connectivity index (χ3v) is 4.92. The SMILES string of the molecule is Cc1ccc(Cl)cc1NC(=O)[C@H](C)Sc1nc(C)c(C)c(C)n1. The molecule has 0 bridgehead atoms. The number of nitrogens with zero attached hydrogens (tertiary/aromatic N) is 2. The van der Waals surface area contributed by atoms with Crippen LogP contribution in [-0.2, 0) is 4.79 Å². The molecule has 2 aromatic rings. The van der Waals surface area contributed by atoms with E-state index in [4.69, 9.17) is 11.6 Å². The average molecular weight is 350 g/mol. The molecule has 1 aromatic heterocycles. The van der Waals surface area contributed by atoms with Crippen LogP contribution in [0.4, 0.5) is 5.69 Å². The topological polar surface area (TPSA) is 54.9 Å². The van der Waals surface area contributed by atoms with Gasteiger partial charge in [-0.05, 0) is 57.9 Å². The van der Waals surface area contributed by atoms with Crippen LogP contribution in [0.1, 0.15) is 29.4 Å². The molecule has 6 heteroatoms. The zero-order valence-electron chi connectivity index (χ0n) is 13.9. The second-order valence-corrected chi connectivity index (χ2v) is 7.25. The Kier molecular flexibility index (Phi) is 5.65. The minimum atomic E-state index is -0.310. The first-order chi connectivity index (χ1) is 10.8. The van der Waals surface area contributed by atoms with Crippen LogP contribution in [0.15, 0.2) is 23.4 Å². The van der Waals surface area contributed by atoms with E-state index in [2.05, 4.69) is 15.3 Å². The van der Waals surface area contributed by atoms with Gasteiger partial charge in [-0.3, -0.25) is 4.79 Å². The van der Waals surface area contributed by atoms with Gasteiger partial charge in [0.15, 0.2) is 5.16 Å². The smallest absolute Gasteiger partial charge is 0.237 e. The van der Waals surface area contributed by atoms with Gasteiger partial charge in [0.05, 0.1) is 5.25 Å². The molecule has 0 aliphatic carbocycles. The predicted octanol–water partition coefficient (Wildman–Crippen LogP) is 4.48. The minimum absolute atomic E-state index is 0.0974. The number of hydrogen-bond donors (Lipinski definition) is 1. The number of amides is 1. The van der Waals surface area contributed by atoms with Crippen molar-refractivity contribution in [2.24, 2.45) is 0 Å². The Hall–Kier alpha value is -1.59. The third-order valence-electron chi connectivity index (χ3n) is 3.72.